The Morgan fingerprint density at radius 2 is 2.00 bits per heavy atom. The Labute approximate surface area is 129 Å². The minimum Gasteiger partial charge on any atom is -0.370 e. The molecule has 3 nitrogen and oxygen atoms in total. The maximum Gasteiger partial charge on any atom is 0.128 e. The van der Waals surface area contributed by atoms with E-state index < -0.39 is 0 Å². The highest BCUT2D eigenvalue weighted by Crippen LogP contribution is 2.18. The van der Waals surface area contributed by atoms with E-state index in [1.54, 1.807) is 24.3 Å². The number of rotatable bonds is 7. The van der Waals surface area contributed by atoms with Crippen molar-refractivity contribution in [3.05, 3.63) is 58.5 Å². The number of benzene rings is 1. The lowest BCUT2D eigenvalue weighted by atomic mass is 10.2. The van der Waals surface area contributed by atoms with Crippen LogP contribution in [0.4, 0.5) is 10.2 Å². The molecule has 0 fully saturated rings. The van der Waals surface area contributed by atoms with E-state index in [2.05, 4.69) is 17.2 Å². The second kappa shape index (κ2) is 7.96. The normalized spacial score (nSPS) is 10.6. The lowest BCUT2D eigenvalue weighted by molar-refractivity contribution is 0.102. The second-order valence-electron chi connectivity index (χ2n) is 4.64. The van der Waals surface area contributed by atoms with Gasteiger partial charge in [-0.05, 0) is 24.6 Å². The molecule has 0 atom stereocenters. The van der Waals surface area contributed by atoms with Gasteiger partial charge in [0.05, 0.1) is 23.9 Å². The summed E-state index contributed by atoms with van der Waals surface area (Å²) in [5.74, 6) is 0.501. The van der Waals surface area contributed by atoms with Crippen LogP contribution >= 0.6 is 11.6 Å². The summed E-state index contributed by atoms with van der Waals surface area (Å²) in [6, 6.07) is 10.2. The van der Waals surface area contributed by atoms with Crippen molar-refractivity contribution in [1.82, 2.24) is 4.98 Å². The van der Waals surface area contributed by atoms with Gasteiger partial charge in [0.1, 0.15) is 11.6 Å². The van der Waals surface area contributed by atoms with Gasteiger partial charge in [0.15, 0.2) is 0 Å². The average Bonchev–Trinajstić information content (AvgIpc) is 2.49. The van der Waals surface area contributed by atoms with Crippen LogP contribution in [0.1, 0.15) is 24.6 Å². The predicted octanol–water partition coefficient (Wildman–Crippen LogP) is 4.41. The SMILES string of the molecule is CCCNc1ccc(Cl)c(COCc2ccccc2F)n1. The number of nitrogens with one attached hydrogen (secondary N) is 1. The van der Waals surface area contributed by atoms with E-state index in [4.69, 9.17) is 16.3 Å². The van der Waals surface area contributed by atoms with E-state index in [0.29, 0.717) is 16.3 Å². The highest BCUT2D eigenvalue weighted by Gasteiger charge is 2.06. The monoisotopic (exact) mass is 308 g/mol. The predicted molar refractivity (Wildman–Crippen MR) is 82.9 cm³/mol. The largest absolute Gasteiger partial charge is 0.370 e. The van der Waals surface area contributed by atoms with E-state index >= 15 is 0 Å². The molecule has 0 aliphatic rings. The number of ether oxygens (including phenoxy) is 1. The van der Waals surface area contributed by atoms with E-state index in [-0.39, 0.29) is 19.0 Å². The van der Waals surface area contributed by atoms with Crippen molar-refractivity contribution in [3.8, 4) is 0 Å². The third-order valence-corrected chi connectivity index (χ3v) is 3.27. The lowest BCUT2D eigenvalue weighted by Gasteiger charge is -2.09. The maximum absolute atomic E-state index is 13.5. The third kappa shape index (κ3) is 4.69. The zero-order valence-electron chi connectivity index (χ0n) is 11.9. The Bertz CT molecular complexity index is 592. The van der Waals surface area contributed by atoms with Gasteiger partial charge in [0.25, 0.3) is 0 Å². The van der Waals surface area contributed by atoms with Crippen molar-refractivity contribution in [2.24, 2.45) is 0 Å². The molecule has 5 heteroatoms. The van der Waals surface area contributed by atoms with E-state index in [9.17, 15) is 4.39 Å². The van der Waals surface area contributed by atoms with E-state index in [1.807, 2.05) is 6.07 Å². The van der Waals surface area contributed by atoms with E-state index in [0.717, 1.165) is 18.8 Å². The minimum atomic E-state index is -0.269. The summed E-state index contributed by atoms with van der Waals surface area (Å²) in [5, 5.41) is 3.74. The van der Waals surface area contributed by atoms with Gasteiger partial charge in [-0.2, -0.15) is 0 Å². The quantitative estimate of drug-likeness (QED) is 0.822. The number of pyridine rings is 1. The molecule has 112 valence electrons. The molecule has 0 bridgehead atoms. The molecule has 0 amide bonds. The van der Waals surface area contributed by atoms with Crippen LogP contribution in [0.15, 0.2) is 36.4 Å². The van der Waals surface area contributed by atoms with Gasteiger partial charge in [-0.1, -0.05) is 36.7 Å². The zero-order chi connectivity index (χ0) is 15.1. The Kier molecular flexibility index (Phi) is 5.96. The van der Waals surface area contributed by atoms with Crippen molar-refractivity contribution in [3.63, 3.8) is 0 Å². The summed E-state index contributed by atoms with van der Waals surface area (Å²) >= 11 is 6.10. The fourth-order valence-corrected chi connectivity index (χ4v) is 1.97. The van der Waals surface area contributed by atoms with Gasteiger partial charge in [-0.25, -0.2) is 9.37 Å². The molecule has 1 aromatic heterocycles. The lowest BCUT2D eigenvalue weighted by Crippen LogP contribution is -2.05. The van der Waals surface area contributed by atoms with Crippen LogP contribution in [0.5, 0.6) is 0 Å². The first kappa shape index (κ1) is 15.7. The molecule has 0 spiro atoms. The van der Waals surface area contributed by atoms with Crippen molar-refractivity contribution < 1.29 is 9.13 Å². The first-order valence-corrected chi connectivity index (χ1v) is 7.29. The number of aromatic nitrogens is 1. The Morgan fingerprint density at radius 1 is 1.19 bits per heavy atom. The molecule has 1 aromatic carbocycles. The topological polar surface area (TPSA) is 34.1 Å². The molecule has 1 heterocycles. The molecule has 0 saturated carbocycles. The highest BCUT2D eigenvalue weighted by atomic mass is 35.5. The zero-order valence-corrected chi connectivity index (χ0v) is 12.7. The Hall–Kier alpha value is -1.65. The van der Waals surface area contributed by atoms with Gasteiger partial charge >= 0.3 is 0 Å². The maximum atomic E-state index is 13.5. The number of hydrogen-bond donors (Lipinski definition) is 1. The third-order valence-electron chi connectivity index (χ3n) is 2.93. The number of hydrogen-bond acceptors (Lipinski definition) is 3. The van der Waals surface area contributed by atoms with Gasteiger partial charge in [-0.15, -0.1) is 0 Å². The standard InChI is InChI=1S/C16H18ClFN2O/c1-2-9-19-16-8-7-13(17)15(20-16)11-21-10-12-5-3-4-6-14(12)18/h3-8H,2,9-11H2,1H3,(H,19,20). The molecule has 2 aromatic rings. The molecule has 0 aliphatic carbocycles. The summed E-state index contributed by atoms with van der Waals surface area (Å²) in [6.45, 7) is 3.37. The van der Waals surface area contributed by atoms with Crippen LogP contribution in [0, 0.1) is 5.82 Å². The number of anilines is 1. The average molecular weight is 309 g/mol. The Balaban J connectivity index is 1.94. The molecule has 2 rings (SSSR count). The molecule has 0 saturated heterocycles. The number of halogens is 2. The first-order chi connectivity index (χ1) is 10.2. The fraction of sp³-hybridized carbons (Fsp3) is 0.312. The van der Waals surface area contributed by atoms with Crippen LogP contribution in [-0.2, 0) is 18.0 Å². The highest BCUT2D eigenvalue weighted by molar-refractivity contribution is 6.31. The summed E-state index contributed by atoms with van der Waals surface area (Å²) in [6.07, 6.45) is 1.02. The van der Waals surface area contributed by atoms with Crippen LogP contribution < -0.4 is 5.32 Å². The van der Waals surface area contributed by atoms with Crippen molar-refractivity contribution in [1.29, 1.82) is 0 Å². The first-order valence-electron chi connectivity index (χ1n) is 6.91. The molecule has 0 radical (unpaired) electrons. The van der Waals surface area contributed by atoms with E-state index in [1.165, 1.54) is 6.07 Å². The van der Waals surface area contributed by atoms with Crippen molar-refractivity contribution >= 4 is 17.4 Å². The molecule has 0 unspecified atom stereocenters. The van der Waals surface area contributed by atoms with Crippen LogP contribution in [0.25, 0.3) is 0 Å². The summed E-state index contributed by atoms with van der Waals surface area (Å²) in [7, 11) is 0. The van der Waals surface area contributed by atoms with Gasteiger partial charge in [0, 0.05) is 12.1 Å². The van der Waals surface area contributed by atoms with Crippen LogP contribution in [0.2, 0.25) is 5.02 Å². The molecular formula is C16H18ClFN2O. The second-order valence-corrected chi connectivity index (χ2v) is 5.04. The number of nitrogens with zero attached hydrogens (tertiary/aromatic N) is 1. The summed E-state index contributed by atoms with van der Waals surface area (Å²) in [4.78, 5) is 4.40. The van der Waals surface area contributed by atoms with Gasteiger partial charge < -0.3 is 10.1 Å². The molecule has 0 aliphatic heterocycles. The van der Waals surface area contributed by atoms with Crippen molar-refractivity contribution in [2.75, 3.05) is 11.9 Å². The molecule has 21 heavy (non-hydrogen) atoms. The molecular weight excluding hydrogens is 291 g/mol. The van der Waals surface area contributed by atoms with Crippen LogP contribution in [-0.4, -0.2) is 11.5 Å². The molecule has 1 N–H and O–H groups in total. The Morgan fingerprint density at radius 3 is 2.76 bits per heavy atom. The van der Waals surface area contributed by atoms with Crippen LogP contribution in [0.3, 0.4) is 0 Å². The fourth-order valence-electron chi connectivity index (χ4n) is 1.81. The summed E-state index contributed by atoms with van der Waals surface area (Å²) in [5.41, 5.74) is 1.17. The van der Waals surface area contributed by atoms with Gasteiger partial charge in [0.2, 0.25) is 0 Å². The summed E-state index contributed by atoms with van der Waals surface area (Å²) < 4.78 is 19.0. The van der Waals surface area contributed by atoms with Gasteiger partial charge in [-0.3, -0.25) is 0 Å². The van der Waals surface area contributed by atoms with Crippen molar-refractivity contribution in [2.45, 2.75) is 26.6 Å². The minimum absolute atomic E-state index is 0.192. The smallest absolute Gasteiger partial charge is 0.128 e.